The van der Waals surface area contributed by atoms with Gasteiger partial charge in [-0.15, -0.1) is 13.2 Å². The van der Waals surface area contributed by atoms with Gasteiger partial charge in [0.05, 0.1) is 12.2 Å². The molecule has 0 N–H and O–H groups in total. The fourth-order valence-electron chi connectivity index (χ4n) is 3.30. The predicted molar refractivity (Wildman–Crippen MR) is 126 cm³/mol. The lowest BCUT2D eigenvalue weighted by molar-refractivity contribution is -0.300. The van der Waals surface area contributed by atoms with Crippen LogP contribution in [0.1, 0.15) is 31.9 Å². The molecule has 0 saturated carbocycles. The van der Waals surface area contributed by atoms with Crippen molar-refractivity contribution in [3.05, 3.63) is 82.9 Å². The van der Waals surface area contributed by atoms with Crippen LogP contribution in [0.4, 0.5) is 18.9 Å². The minimum Gasteiger partial charge on any atom is -0.540 e. The Labute approximate surface area is 210 Å². The molecule has 0 atom stereocenters. The van der Waals surface area contributed by atoms with E-state index >= 15 is 0 Å². The molecule has 0 unspecified atom stereocenters. The number of carbonyl (C=O) groups is 2. The van der Waals surface area contributed by atoms with Crippen LogP contribution in [0.2, 0.25) is 5.02 Å². The highest BCUT2D eigenvalue weighted by Crippen LogP contribution is 2.37. The van der Waals surface area contributed by atoms with Gasteiger partial charge in [0.25, 0.3) is 5.91 Å². The molecule has 3 rings (SSSR count). The van der Waals surface area contributed by atoms with Gasteiger partial charge < -0.3 is 19.4 Å². The summed E-state index contributed by atoms with van der Waals surface area (Å²) in [4.78, 5) is 25.1. The van der Waals surface area contributed by atoms with Gasteiger partial charge in [0, 0.05) is 11.1 Å². The van der Waals surface area contributed by atoms with E-state index in [4.69, 9.17) is 16.3 Å². The number of carboxylic acid groups (broad SMARTS) is 1. The lowest BCUT2D eigenvalue weighted by atomic mass is 9.87. The molecule has 3 aromatic rings. The van der Waals surface area contributed by atoms with Crippen molar-refractivity contribution < 1.29 is 37.3 Å². The number of amides is 1. The maximum atomic E-state index is 12.6. The number of ether oxygens (including phenoxy) is 2. The summed E-state index contributed by atoms with van der Waals surface area (Å²) in [5, 5.41) is 11.7. The normalized spacial score (nSPS) is 11.6. The van der Waals surface area contributed by atoms with Gasteiger partial charge in [0.15, 0.2) is 5.75 Å². The van der Waals surface area contributed by atoms with E-state index in [1.807, 2.05) is 32.9 Å². The molecule has 0 bridgehead atoms. The van der Waals surface area contributed by atoms with Crippen molar-refractivity contribution in [3.63, 3.8) is 0 Å². The average molecular weight is 521 g/mol. The zero-order chi connectivity index (χ0) is 26.7. The summed E-state index contributed by atoms with van der Waals surface area (Å²) in [5.41, 5.74) is 1.67. The van der Waals surface area contributed by atoms with E-state index in [0.29, 0.717) is 5.56 Å². The number of nitrogens with zero attached hydrogens (tertiary/aromatic N) is 1. The molecule has 190 valence electrons. The van der Waals surface area contributed by atoms with Gasteiger partial charge >= 0.3 is 6.36 Å². The van der Waals surface area contributed by atoms with Crippen molar-refractivity contribution in [2.45, 2.75) is 39.1 Å². The first-order chi connectivity index (χ1) is 16.7. The summed E-state index contributed by atoms with van der Waals surface area (Å²) < 4.78 is 46.8. The molecule has 0 heterocycles. The number of benzene rings is 3. The number of aliphatic carboxylic acids is 1. The van der Waals surface area contributed by atoms with Gasteiger partial charge in [0.1, 0.15) is 17.5 Å². The predicted octanol–water partition coefficient (Wildman–Crippen LogP) is 5.61. The second kappa shape index (κ2) is 10.5. The molecule has 1 amide bonds. The summed E-state index contributed by atoms with van der Waals surface area (Å²) in [6.07, 6.45) is -4.85. The van der Waals surface area contributed by atoms with Crippen LogP contribution in [0.3, 0.4) is 0 Å². The summed E-state index contributed by atoms with van der Waals surface area (Å²) in [7, 11) is 0. The summed E-state index contributed by atoms with van der Waals surface area (Å²) in [5.74, 6) is -3.57. The molecule has 0 saturated heterocycles. The smallest absolute Gasteiger partial charge is 0.540 e. The van der Waals surface area contributed by atoms with Crippen molar-refractivity contribution in [2.75, 3.05) is 4.90 Å². The van der Waals surface area contributed by atoms with E-state index < -0.39 is 24.0 Å². The van der Waals surface area contributed by atoms with E-state index in [-0.39, 0.29) is 34.2 Å². The van der Waals surface area contributed by atoms with Crippen LogP contribution in [-0.2, 0) is 21.5 Å². The number of hydrogen-bond donors (Lipinski definition) is 0. The fraction of sp³-hybridized carbons (Fsp3) is 0.231. The van der Waals surface area contributed by atoms with Crippen molar-refractivity contribution in [2.24, 2.45) is 0 Å². The molecule has 0 aliphatic rings. The number of rotatable bonds is 6. The molecule has 0 fully saturated rings. The Morgan fingerprint density at radius 1 is 0.917 bits per heavy atom. The Morgan fingerprint density at radius 2 is 1.50 bits per heavy atom. The molecule has 0 aromatic heterocycles. The number of carbonyl (C=O) groups excluding carboxylic acids is 2. The largest absolute Gasteiger partial charge is 0.573 e. The first-order valence-corrected chi connectivity index (χ1v) is 11.1. The Morgan fingerprint density at radius 3 is 2.03 bits per heavy atom. The van der Waals surface area contributed by atoms with Gasteiger partial charge in [-0.3, -0.25) is 9.69 Å². The third-order valence-electron chi connectivity index (χ3n) is 5.08. The zero-order valence-electron chi connectivity index (χ0n) is 19.6. The molecule has 6 nitrogen and oxygen atoms in total. The molecule has 3 aromatic carbocycles. The van der Waals surface area contributed by atoms with Gasteiger partial charge in [-0.2, -0.15) is 0 Å². The molecular weight excluding hydrogens is 499 g/mol. The monoisotopic (exact) mass is 520 g/mol. The standard InChI is InChI=1S/C26H23ClF3NO5/c1-25(2,3)17-6-4-16(5-7-17)15-31(23(32)24(33)34)21-13-8-18(27)14-22(21)35-19-9-11-20(12-10-19)36-26(28,29)30/h4-14H,15H2,1-3H3,(H,33,34)/p-1. The minimum absolute atomic E-state index is 0.00732. The second-order valence-electron chi connectivity index (χ2n) is 8.86. The van der Waals surface area contributed by atoms with Gasteiger partial charge in [0.2, 0.25) is 0 Å². The number of alkyl halides is 3. The third kappa shape index (κ3) is 7.14. The van der Waals surface area contributed by atoms with Crippen LogP contribution in [-0.4, -0.2) is 18.2 Å². The van der Waals surface area contributed by atoms with E-state index in [1.165, 1.54) is 30.3 Å². The highest BCUT2D eigenvalue weighted by Gasteiger charge is 2.31. The maximum Gasteiger partial charge on any atom is 0.573 e. The van der Waals surface area contributed by atoms with Crippen LogP contribution in [0.25, 0.3) is 0 Å². The Balaban J connectivity index is 1.94. The molecule has 0 spiro atoms. The summed E-state index contributed by atoms with van der Waals surface area (Å²) >= 11 is 6.09. The molecule has 0 aliphatic heterocycles. The van der Waals surface area contributed by atoms with Gasteiger partial charge in [-0.05, 0) is 52.9 Å². The molecule has 36 heavy (non-hydrogen) atoms. The van der Waals surface area contributed by atoms with Crippen LogP contribution >= 0.6 is 11.6 Å². The number of hydrogen-bond acceptors (Lipinski definition) is 5. The van der Waals surface area contributed by atoms with Crippen molar-refractivity contribution in [3.8, 4) is 17.2 Å². The average Bonchev–Trinajstić information content (AvgIpc) is 2.77. The molecule has 0 aliphatic carbocycles. The van der Waals surface area contributed by atoms with Crippen molar-refractivity contribution in [1.29, 1.82) is 0 Å². The molecule has 10 heteroatoms. The van der Waals surface area contributed by atoms with Crippen LogP contribution in [0.5, 0.6) is 17.2 Å². The first-order valence-electron chi connectivity index (χ1n) is 10.7. The number of halogens is 4. The number of anilines is 1. The molecular formula is C26H22ClF3NO5-. The van der Waals surface area contributed by atoms with Crippen LogP contribution in [0, 0.1) is 0 Å². The summed E-state index contributed by atoms with van der Waals surface area (Å²) in [6, 6.07) is 16.1. The lowest BCUT2D eigenvalue weighted by Gasteiger charge is -2.26. The van der Waals surface area contributed by atoms with E-state index in [9.17, 15) is 27.9 Å². The quantitative estimate of drug-likeness (QED) is 0.395. The van der Waals surface area contributed by atoms with E-state index in [2.05, 4.69) is 4.74 Å². The van der Waals surface area contributed by atoms with Gasteiger partial charge in [-0.25, -0.2) is 0 Å². The zero-order valence-corrected chi connectivity index (χ0v) is 20.3. The maximum absolute atomic E-state index is 12.6. The van der Waals surface area contributed by atoms with Crippen molar-refractivity contribution >= 4 is 29.2 Å². The highest BCUT2D eigenvalue weighted by molar-refractivity contribution is 6.36. The van der Waals surface area contributed by atoms with Crippen molar-refractivity contribution in [1.82, 2.24) is 0 Å². The molecule has 0 radical (unpaired) electrons. The summed E-state index contributed by atoms with van der Waals surface area (Å²) in [6.45, 7) is 6.03. The fourth-order valence-corrected chi connectivity index (χ4v) is 3.46. The topological polar surface area (TPSA) is 78.9 Å². The van der Waals surface area contributed by atoms with Crippen LogP contribution < -0.4 is 19.5 Å². The Bertz CT molecular complexity index is 1240. The highest BCUT2D eigenvalue weighted by atomic mass is 35.5. The van der Waals surface area contributed by atoms with E-state index in [1.54, 1.807) is 12.1 Å². The Kier molecular flexibility index (Phi) is 7.83. The lowest BCUT2D eigenvalue weighted by Crippen LogP contribution is -2.44. The number of carboxylic acids is 1. The van der Waals surface area contributed by atoms with E-state index in [0.717, 1.165) is 22.6 Å². The first kappa shape index (κ1) is 26.9. The SMILES string of the molecule is CC(C)(C)c1ccc(CN(C(=O)C(=O)[O-])c2ccc(Cl)cc2Oc2ccc(OC(F)(F)F)cc2)cc1. The van der Waals surface area contributed by atoms with Gasteiger partial charge in [-0.1, -0.05) is 56.6 Å². The Hall–Kier alpha value is -3.72. The third-order valence-corrected chi connectivity index (χ3v) is 5.31. The van der Waals surface area contributed by atoms with Crippen LogP contribution in [0.15, 0.2) is 66.7 Å². The minimum atomic E-state index is -4.85. The second-order valence-corrected chi connectivity index (χ2v) is 9.30.